The van der Waals surface area contributed by atoms with E-state index in [-0.39, 0.29) is 36.8 Å². The fraction of sp³-hybridized carbons (Fsp3) is 0.809. The molecule has 6 aliphatic heterocycles. The zero-order chi connectivity index (χ0) is 44.0. The van der Waals surface area contributed by atoms with E-state index in [0.717, 1.165) is 12.0 Å². The third kappa shape index (κ3) is 9.67. The van der Waals surface area contributed by atoms with Crippen LogP contribution >= 0.6 is 0 Å². The van der Waals surface area contributed by atoms with Gasteiger partial charge in [0.05, 0.1) is 49.3 Å². The first-order chi connectivity index (χ1) is 29.0. The number of allylic oxidation sites excluding steroid dienone is 2. The minimum Gasteiger partial charge on any atom is -0.462 e. The number of fused-ring (bicyclic) bond motifs is 2. The molecule has 6 heterocycles. The topological polar surface area (TPSA) is 170 Å². The SMILES string of the molecule is CO[C@H]1CC(O[C@H]2[C@H](C)O[C@@H](O[C@@H]3C(C)=CC[C@@H]4CC(C[C@]5(CC[C@H](C)[C@@H](C(C)C)O5)O4)OC(=O)[C@@H]4C=C(C)[C@@H](O)[C@H]5OCC(=CC=C[C@@H]3C)[C@]54O)C[C@@H]2OC)O[C@@H](C)[C@@H]1O. The molecule has 0 saturated carbocycles. The van der Waals surface area contributed by atoms with Gasteiger partial charge in [0.25, 0.3) is 0 Å². The molecule has 5 saturated heterocycles. The number of carbonyl (C=O) groups excluding carboxylic acids is 1. The van der Waals surface area contributed by atoms with E-state index in [1.54, 1.807) is 40.2 Å². The van der Waals surface area contributed by atoms with Gasteiger partial charge >= 0.3 is 5.97 Å². The highest BCUT2D eigenvalue weighted by Crippen LogP contribution is 2.48. The van der Waals surface area contributed by atoms with Crippen LogP contribution in [0, 0.1) is 23.7 Å². The maximum Gasteiger partial charge on any atom is 0.316 e. The number of methoxy groups -OCH3 is 2. The van der Waals surface area contributed by atoms with Crippen LogP contribution in [0.25, 0.3) is 0 Å². The molecule has 1 spiro atoms. The van der Waals surface area contributed by atoms with Crippen molar-refractivity contribution in [3.8, 4) is 0 Å². The summed E-state index contributed by atoms with van der Waals surface area (Å²) >= 11 is 0. The molecule has 0 radical (unpaired) electrons. The highest BCUT2D eigenvalue weighted by molar-refractivity contribution is 5.78. The second kappa shape index (κ2) is 19.2. The Bertz CT molecular complexity index is 1660. The number of esters is 1. The molecule has 0 aromatic heterocycles. The fourth-order valence-electron chi connectivity index (χ4n) is 10.8. The summed E-state index contributed by atoms with van der Waals surface area (Å²) in [7, 11) is 3.22. The van der Waals surface area contributed by atoms with E-state index in [2.05, 4.69) is 40.7 Å². The molecule has 0 aromatic carbocycles. The average molecular weight is 861 g/mol. The van der Waals surface area contributed by atoms with Crippen molar-refractivity contribution in [3.05, 3.63) is 47.1 Å². The van der Waals surface area contributed by atoms with Crippen molar-refractivity contribution in [1.82, 2.24) is 0 Å². The van der Waals surface area contributed by atoms with Gasteiger partial charge < -0.3 is 62.7 Å². The first-order valence-corrected chi connectivity index (χ1v) is 22.6. The van der Waals surface area contributed by atoms with E-state index in [1.165, 1.54) is 0 Å². The Hall–Kier alpha value is -2.05. The molecular weight excluding hydrogens is 789 g/mol. The van der Waals surface area contributed by atoms with Crippen LogP contribution in [0.15, 0.2) is 47.1 Å². The largest absolute Gasteiger partial charge is 0.462 e. The highest BCUT2D eigenvalue weighted by Gasteiger charge is 2.60. The lowest BCUT2D eigenvalue weighted by molar-refractivity contribution is -0.340. The lowest BCUT2D eigenvalue weighted by Crippen LogP contribution is -2.58. The van der Waals surface area contributed by atoms with Gasteiger partial charge in [0.1, 0.15) is 42.0 Å². The predicted octanol–water partition coefficient (Wildman–Crippen LogP) is 5.21. The number of aliphatic hydroxyl groups is 3. The van der Waals surface area contributed by atoms with E-state index in [9.17, 15) is 20.1 Å². The van der Waals surface area contributed by atoms with Crippen LogP contribution < -0.4 is 0 Å². The molecule has 0 aromatic rings. The molecular formula is C47H72O14. The molecule has 14 nitrogen and oxygen atoms in total. The Morgan fingerprint density at radius 3 is 2.31 bits per heavy atom. The lowest BCUT2D eigenvalue weighted by atomic mass is 9.71. The molecule has 7 aliphatic rings. The van der Waals surface area contributed by atoms with Gasteiger partial charge in [0, 0.05) is 52.2 Å². The number of ether oxygens (including phenoxy) is 10. The fourth-order valence-corrected chi connectivity index (χ4v) is 10.8. The van der Waals surface area contributed by atoms with Crippen LogP contribution in [-0.2, 0) is 52.2 Å². The van der Waals surface area contributed by atoms with Gasteiger partial charge in [-0.1, -0.05) is 58.1 Å². The average Bonchev–Trinajstić information content (AvgIpc) is 3.56. The van der Waals surface area contributed by atoms with Crippen molar-refractivity contribution in [2.75, 3.05) is 20.8 Å². The van der Waals surface area contributed by atoms with Gasteiger partial charge in [0.15, 0.2) is 18.4 Å². The van der Waals surface area contributed by atoms with Crippen LogP contribution in [0.1, 0.15) is 100 Å². The number of carbonyl (C=O) groups is 1. The van der Waals surface area contributed by atoms with Gasteiger partial charge in [0.2, 0.25) is 0 Å². The monoisotopic (exact) mass is 860 g/mol. The van der Waals surface area contributed by atoms with Crippen LogP contribution in [-0.4, -0.2) is 139 Å². The van der Waals surface area contributed by atoms with Crippen molar-refractivity contribution < 1.29 is 67.5 Å². The van der Waals surface area contributed by atoms with Crippen LogP contribution in [0.3, 0.4) is 0 Å². The Labute approximate surface area is 361 Å². The second-order valence-electron chi connectivity index (χ2n) is 19.2. The number of rotatable bonds is 7. The summed E-state index contributed by atoms with van der Waals surface area (Å²) in [5.74, 6) is -2.15. The van der Waals surface area contributed by atoms with Gasteiger partial charge in [-0.25, -0.2) is 0 Å². The molecule has 344 valence electrons. The molecule has 1 aliphatic carbocycles. The van der Waals surface area contributed by atoms with E-state index in [1.807, 2.05) is 19.1 Å². The first-order valence-electron chi connectivity index (χ1n) is 22.6. The molecule has 2 unspecified atom stereocenters. The van der Waals surface area contributed by atoms with Crippen molar-refractivity contribution >= 4 is 5.97 Å². The third-order valence-electron chi connectivity index (χ3n) is 14.4. The number of hydrogen-bond donors (Lipinski definition) is 3. The summed E-state index contributed by atoms with van der Waals surface area (Å²) in [6, 6.07) is 0. The molecule has 5 fully saturated rings. The van der Waals surface area contributed by atoms with Crippen LogP contribution in [0.2, 0.25) is 0 Å². The summed E-state index contributed by atoms with van der Waals surface area (Å²) < 4.78 is 63.7. The Balaban J connectivity index is 1.17. The maximum absolute atomic E-state index is 14.3. The quantitative estimate of drug-likeness (QED) is 0.225. The molecule has 19 atom stereocenters. The first kappa shape index (κ1) is 46.9. The van der Waals surface area contributed by atoms with E-state index >= 15 is 0 Å². The zero-order valence-corrected chi connectivity index (χ0v) is 37.8. The Kier molecular flexibility index (Phi) is 14.8. The summed E-state index contributed by atoms with van der Waals surface area (Å²) in [5, 5.41) is 34.2. The maximum atomic E-state index is 14.3. The Morgan fingerprint density at radius 1 is 0.885 bits per heavy atom. The number of hydrogen-bond acceptors (Lipinski definition) is 14. The zero-order valence-electron chi connectivity index (χ0n) is 37.8. The molecule has 2 bridgehead atoms. The second-order valence-corrected chi connectivity index (χ2v) is 19.2. The molecule has 61 heavy (non-hydrogen) atoms. The van der Waals surface area contributed by atoms with Crippen LogP contribution in [0.5, 0.6) is 0 Å². The van der Waals surface area contributed by atoms with E-state index in [4.69, 9.17) is 47.4 Å². The minimum absolute atomic E-state index is 0.0210. The van der Waals surface area contributed by atoms with Gasteiger partial charge in [-0.05, 0) is 69.1 Å². The smallest absolute Gasteiger partial charge is 0.316 e. The molecule has 14 heteroatoms. The minimum atomic E-state index is -1.82. The summed E-state index contributed by atoms with van der Waals surface area (Å²) in [6.45, 7) is 16.2. The van der Waals surface area contributed by atoms with Gasteiger partial charge in [-0.2, -0.15) is 0 Å². The van der Waals surface area contributed by atoms with Crippen molar-refractivity contribution in [3.63, 3.8) is 0 Å². The highest BCUT2D eigenvalue weighted by atomic mass is 16.7. The standard InChI is InChI=1S/C47H72O14/c1-24(2)41-27(5)16-17-46(61-41)22-33-19-32(60-46)15-14-26(4)42(25(3)12-11-13-31-23-54-44-39(48)28(6)18-34(45(50)57-33)47(31,44)51)58-38-21-36(53-10)43(30(8)56-38)59-37-20-35(52-9)40(49)29(7)55-37/h11-14,18,24-25,27,29-30,32-44,48-49,51H,15-17,19-23H2,1-10H3/t25-,27-,29-,30-,32+,33?,34-,35-,36-,37?,38-,39+,40-,41+,42-,43-,44+,46+,47+/m0/s1. The van der Waals surface area contributed by atoms with E-state index < -0.39 is 90.8 Å². The van der Waals surface area contributed by atoms with E-state index in [0.29, 0.717) is 55.6 Å². The summed E-state index contributed by atoms with van der Waals surface area (Å²) in [6.07, 6.45) is 5.52. The van der Waals surface area contributed by atoms with Gasteiger partial charge in [-0.3, -0.25) is 4.79 Å². The molecule has 0 amide bonds. The van der Waals surface area contributed by atoms with Crippen molar-refractivity contribution in [1.29, 1.82) is 0 Å². The van der Waals surface area contributed by atoms with Crippen molar-refractivity contribution in [2.45, 2.75) is 198 Å². The number of aliphatic hydroxyl groups excluding tert-OH is 2. The van der Waals surface area contributed by atoms with Gasteiger partial charge in [-0.15, -0.1) is 0 Å². The summed E-state index contributed by atoms with van der Waals surface area (Å²) in [5.41, 5.74) is 0.184. The molecule has 7 rings (SSSR count). The lowest BCUT2D eigenvalue weighted by Gasteiger charge is -2.50. The Morgan fingerprint density at radius 2 is 1.59 bits per heavy atom. The normalized spacial score (nSPS) is 47.3. The predicted molar refractivity (Wildman–Crippen MR) is 223 cm³/mol. The third-order valence-corrected chi connectivity index (χ3v) is 14.4. The van der Waals surface area contributed by atoms with Crippen molar-refractivity contribution in [2.24, 2.45) is 23.7 Å². The summed E-state index contributed by atoms with van der Waals surface area (Å²) in [4.78, 5) is 14.3. The van der Waals surface area contributed by atoms with Crippen LogP contribution in [0.4, 0.5) is 0 Å². The molecule has 3 N–H and O–H groups in total.